The molecule has 1 amide bonds. The van der Waals surface area contributed by atoms with Gasteiger partial charge in [-0.3, -0.25) is 9.69 Å². The second-order valence-electron chi connectivity index (χ2n) is 4.31. The van der Waals surface area contributed by atoms with Gasteiger partial charge in [-0.25, -0.2) is 0 Å². The minimum Gasteiger partial charge on any atom is -0.377 e. The SMILES string of the molecule is CCNC(CN1CCCOC(C)C1)C(N)=O. The first-order valence-corrected chi connectivity index (χ1v) is 6.00. The summed E-state index contributed by atoms with van der Waals surface area (Å²) in [6.45, 7) is 8.12. The highest BCUT2D eigenvalue weighted by molar-refractivity contribution is 5.80. The van der Waals surface area contributed by atoms with Gasteiger partial charge in [0.15, 0.2) is 0 Å². The van der Waals surface area contributed by atoms with Crippen molar-refractivity contribution >= 4 is 5.91 Å². The molecule has 1 aliphatic rings. The van der Waals surface area contributed by atoms with Crippen LogP contribution in [0, 0.1) is 0 Å². The van der Waals surface area contributed by atoms with Crippen molar-refractivity contribution in [1.82, 2.24) is 10.2 Å². The molecule has 0 aromatic rings. The van der Waals surface area contributed by atoms with E-state index in [2.05, 4.69) is 17.1 Å². The monoisotopic (exact) mass is 229 g/mol. The van der Waals surface area contributed by atoms with Crippen LogP contribution < -0.4 is 11.1 Å². The average Bonchev–Trinajstić information content (AvgIpc) is 2.42. The maximum Gasteiger partial charge on any atom is 0.235 e. The van der Waals surface area contributed by atoms with Crippen LogP contribution in [0.25, 0.3) is 0 Å². The zero-order valence-corrected chi connectivity index (χ0v) is 10.2. The van der Waals surface area contributed by atoms with Crippen molar-refractivity contribution < 1.29 is 9.53 Å². The van der Waals surface area contributed by atoms with E-state index < -0.39 is 0 Å². The maximum absolute atomic E-state index is 11.2. The molecule has 0 aliphatic carbocycles. The van der Waals surface area contributed by atoms with Crippen LogP contribution in [0.5, 0.6) is 0 Å². The summed E-state index contributed by atoms with van der Waals surface area (Å²) in [5.41, 5.74) is 5.35. The molecule has 1 fully saturated rings. The lowest BCUT2D eigenvalue weighted by Gasteiger charge is -2.25. The third-order valence-electron chi connectivity index (χ3n) is 2.77. The first-order valence-electron chi connectivity index (χ1n) is 6.00. The van der Waals surface area contributed by atoms with Crippen molar-refractivity contribution in [2.24, 2.45) is 5.73 Å². The Hall–Kier alpha value is -0.650. The molecular formula is C11H23N3O2. The van der Waals surface area contributed by atoms with Crippen molar-refractivity contribution in [3.05, 3.63) is 0 Å². The fraction of sp³-hybridized carbons (Fsp3) is 0.909. The molecule has 0 spiro atoms. The largest absolute Gasteiger partial charge is 0.377 e. The molecule has 0 bridgehead atoms. The molecule has 2 unspecified atom stereocenters. The van der Waals surface area contributed by atoms with Gasteiger partial charge in [0.1, 0.15) is 0 Å². The lowest BCUT2D eigenvalue weighted by molar-refractivity contribution is -0.120. The molecule has 0 radical (unpaired) electrons. The van der Waals surface area contributed by atoms with Gasteiger partial charge in [0.05, 0.1) is 12.1 Å². The van der Waals surface area contributed by atoms with Crippen molar-refractivity contribution in [3.63, 3.8) is 0 Å². The standard InChI is InChI=1S/C11H23N3O2/c1-3-13-10(11(12)15)8-14-5-4-6-16-9(2)7-14/h9-10,13H,3-8H2,1-2H3,(H2,12,15). The quantitative estimate of drug-likeness (QED) is 0.671. The van der Waals surface area contributed by atoms with E-state index in [1.807, 2.05) is 6.92 Å². The Kier molecular flexibility index (Phi) is 5.73. The number of primary amides is 1. The molecule has 16 heavy (non-hydrogen) atoms. The van der Waals surface area contributed by atoms with Gasteiger partial charge in [-0.15, -0.1) is 0 Å². The van der Waals surface area contributed by atoms with E-state index in [0.29, 0.717) is 6.54 Å². The summed E-state index contributed by atoms with van der Waals surface area (Å²) < 4.78 is 5.56. The number of nitrogens with two attached hydrogens (primary N) is 1. The van der Waals surface area contributed by atoms with Crippen LogP contribution in [-0.2, 0) is 9.53 Å². The third-order valence-corrected chi connectivity index (χ3v) is 2.77. The number of ether oxygens (including phenoxy) is 1. The Morgan fingerprint density at radius 2 is 2.44 bits per heavy atom. The third kappa shape index (κ3) is 4.47. The zero-order valence-electron chi connectivity index (χ0n) is 10.2. The van der Waals surface area contributed by atoms with Gasteiger partial charge < -0.3 is 15.8 Å². The molecule has 5 heteroatoms. The minimum absolute atomic E-state index is 0.234. The molecule has 1 heterocycles. The van der Waals surface area contributed by atoms with Crippen molar-refractivity contribution in [2.45, 2.75) is 32.4 Å². The molecule has 1 aliphatic heterocycles. The molecular weight excluding hydrogens is 206 g/mol. The van der Waals surface area contributed by atoms with Gasteiger partial charge in [-0.1, -0.05) is 6.92 Å². The predicted molar refractivity (Wildman–Crippen MR) is 63.1 cm³/mol. The number of carbonyl (C=O) groups excluding carboxylic acids is 1. The Balaban J connectivity index is 2.45. The van der Waals surface area contributed by atoms with Gasteiger partial charge in [0.2, 0.25) is 5.91 Å². The summed E-state index contributed by atoms with van der Waals surface area (Å²) in [6, 6.07) is -0.254. The number of rotatable bonds is 5. The van der Waals surface area contributed by atoms with Crippen molar-refractivity contribution in [3.8, 4) is 0 Å². The molecule has 5 nitrogen and oxygen atoms in total. The van der Waals surface area contributed by atoms with E-state index in [9.17, 15) is 4.79 Å². The second kappa shape index (κ2) is 6.83. The number of hydrogen-bond donors (Lipinski definition) is 2. The van der Waals surface area contributed by atoms with Crippen LogP contribution in [0.2, 0.25) is 0 Å². The number of amides is 1. The number of nitrogens with zero attached hydrogens (tertiary/aromatic N) is 1. The Morgan fingerprint density at radius 1 is 1.69 bits per heavy atom. The highest BCUT2D eigenvalue weighted by Crippen LogP contribution is 2.05. The summed E-state index contributed by atoms with van der Waals surface area (Å²) in [5.74, 6) is -0.278. The highest BCUT2D eigenvalue weighted by Gasteiger charge is 2.21. The van der Waals surface area contributed by atoms with Crippen LogP contribution in [0.15, 0.2) is 0 Å². The molecule has 2 atom stereocenters. The molecule has 1 rings (SSSR count). The number of likely N-dealkylation sites (N-methyl/N-ethyl adjacent to an activating group) is 1. The molecule has 0 aromatic heterocycles. The van der Waals surface area contributed by atoms with E-state index in [1.54, 1.807) is 0 Å². The van der Waals surface area contributed by atoms with Crippen LogP contribution in [0.3, 0.4) is 0 Å². The first kappa shape index (κ1) is 13.4. The van der Waals surface area contributed by atoms with Gasteiger partial charge in [0, 0.05) is 26.2 Å². The van der Waals surface area contributed by atoms with E-state index >= 15 is 0 Å². The predicted octanol–water partition coefficient (Wildman–Crippen LogP) is -0.439. The van der Waals surface area contributed by atoms with Gasteiger partial charge in [-0.2, -0.15) is 0 Å². The second-order valence-corrected chi connectivity index (χ2v) is 4.31. The van der Waals surface area contributed by atoms with E-state index in [1.165, 1.54) is 0 Å². The molecule has 3 N–H and O–H groups in total. The van der Waals surface area contributed by atoms with Gasteiger partial charge in [-0.05, 0) is 19.9 Å². The van der Waals surface area contributed by atoms with Crippen molar-refractivity contribution in [1.29, 1.82) is 0 Å². The molecule has 1 saturated heterocycles. The van der Waals surface area contributed by atoms with Gasteiger partial charge >= 0.3 is 0 Å². The smallest absolute Gasteiger partial charge is 0.235 e. The fourth-order valence-electron chi connectivity index (χ4n) is 2.01. The number of carbonyl (C=O) groups is 1. The lowest BCUT2D eigenvalue weighted by atomic mass is 10.2. The first-order chi connectivity index (χ1) is 7.63. The lowest BCUT2D eigenvalue weighted by Crippen LogP contribution is -2.50. The highest BCUT2D eigenvalue weighted by atomic mass is 16.5. The average molecular weight is 229 g/mol. The molecule has 94 valence electrons. The van der Waals surface area contributed by atoms with Crippen LogP contribution in [0.4, 0.5) is 0 Å². The zero-order chi connectivity index (χ0) is 12.0. The van der Waals surface area contributed by atoms with E-state index in [4.69, 9.17) is 10.5 Å². The number of hydrogen-bond acceptors (Lipinski definition) is 4. The van der Waals surface area contributed by atoms with E-state index in [0.717, 1.165) is 32.7 Å². The topological polar surface area (TPSA) is 67.6 Å². The van der Waals surface area contributed by atoms with Crippen LogP contribution in [0.1, 0.15) is 20.3 Å². The maximum atomic E-state index is 11.2. The van der Waals surface area contributed by atoms with Gasteiger partial charge in [0.25, 0.3) is 0 Å². The molecule has 0 aromatic carbocycles. The minimum atomic E-state index is -0.278. The normalized spacial score (nSPS) is 25.0. The Labute approximate surface area is 97.3 Å². The summed E-state index contributed by atoms with van der Waals surface area (Å²) in [6.07, 6.45) is 1.25. The number of nitrogens with one attached hydrogen (secondary N) is 1. The summed E-state index contributed by atoms with van der Waals surface area (Å²) in [4.78, 5) is 13.5. The molecule has 0 saturated carbocycles. The van der Waals surface area contributed by atoms with Crippen LogP contribution >= 0.6 is 0 Å². The summed E-state index contributed by atoms with van der Waals surface area (Å²) in [7, 11) is 0. The van der Waals surface area contributed by atoms with Crippen molar-refractivity contribution in [2.75, 3.05) is 32.8 Å². The summed E-state index contributed by atoms with van der Waals surface area (Å²) in [5, 5.41) is 3.11. The Morgan fingerprint density at radius 3 is 3.06 bits per heavy atom. The van der Waals surface area contributed by atoms with Crippen LogP contribution in [-0.4, -0.2) is 55.7 Å². The fourth-order valence-corrected chi connectivity index (χ4v) is 2.01. The summed E-state index contributed by atoms with van der Waals surface area (Å²) >= 11 is 0. The Bertz CT molecular complexity index is 223. The van der Waals surface area contributed by atoms with E-state index in [-0.39, 0.29) is 18.1 Å².